The molecule has 0 spiro atoms. The van der Waals surface area contributed by atoms with Gasteiger partial charge in [0.25, 0.3) is 5.56 Å². The van der Waals surface area contributed by atoms with Crippen molar-refractivity contribution in [3.63, 3.8) is 0 Å². The van der Waals surface area contributed by atoms with Gasteiger partial charge in [0.1, 0.15) is 6.04 Å². The highest BCUT2D eigenvalue weighted by molar-refractivity contribution is 5.94. The number of nitrogens with one attached hydrogen (secondary N) is 1. The van der Waals surface area contributed by atoms with E-state index >= 15 is 0 Å². The van der Waals surface area contributed by atoms with E-state index < -0.39 is 29.6 Å². The Labute approximate surface area is 156 Å². The Hall–Kier alpha value is -3.63. The van der Waals surface area contributed by atoms with Gasteiger partial charge >= 0.3 is 6.36 Å². The minimum atomic E-state index is -4.91. The monoisotopic (exact) mass is 393 g/mol. The summed E-state index contributed by atoms with van der Waals surface area (Å²) < 4.78 is 43.8. The van der Waals surface area contributed by atoms with Crippen molar-refractivity contribution in [2.75, 3.05) is 5.32 Å². The Kier molecular flexibility index (Phi) is 5.16. The minimum absolute atomic E-state index is 0.187. The number of anilines is 1. The molecule has 0 unspecified atom stereocenters. The van der Waals surface area contributed by atoms with E-state index in [1.165, 1.54) is 48.1 Å². The summed E-state index contributed by atoms with van der Waals surface area (Å²) in [5.41, 5.74) is -0.744. The lowest BCUT2D eigenvalue weighted by molar-refractivity contribution is -0.274. The molecule has 1 atom stereocenters. The summed E-state index contributed by atoms with van der Waals surface area (Å²) in [6.07, 6.45) is -1.79. The lowest BCUT2D eigenvalue weighted by Crippen LogP contribution is -2.33. The van der Waals surface area contributed by atoms with Crippen molar-refractivity contribution in [2.45, 2.75) is 19.3 Å². The SMILES string of the molecule is C[C@H](C(=O)Nc1ccccc1OC(F)(F)F)n1nc(-n2cccn2)ccc1=O. The van der Waals surface area contributed by atoms with Crippen molar-refractivity contribution in [3.8, 4) is 11.6 Å². The molecule has 0 aliphatic rings. The van der Waals surface area contributed by atoms with Gasteiger partial charge in [-0.25, -0.2) is 9.36 Å². The smallest absolute Gasteiger partial charge is 0.404 e. The molecule has 2 aromatic heterocycles. The molecule has 28 heavy (non-hydrogen) atoms. The summed E-state index contributed by atoms with van der Waals surface area (Å²) in [5.74, 6) is -1.02. The molecule has 0 fully saturated rings. The molecular formula is C17H14F3N5O3. The molecule has 8 nitrogen and oxygen atoms in total. The van der Waals surface area contributed by atoms with E-state index in [2.05, 4.69) is 20.3 Å². The Bertz CT molecular complexity index is 1030. The van der Waals surface area contributed by atoms with E-state index in [0.29, 0.717) is 5.82 Å². The van der Waals surface area contributed by atoms with Gasteiger partial charge in [-0.2, -0.15) is 5.10 Å². The average Bonchev–Trinajstić information content (AvgIpc) is 3.16. The zero-order chi connectivity index (χ0) is 20.3. The molecule has 3 rings (SSSR count). The van der Waals surface area contributed by atoms with Crippen LogP contribution >= 0.6 is 0 Å². The molecule has 0 bridgehead atoms. The largest absolute Gasteiger partial charge is 0.573 e. The molecule has 1 N–H and O–H groups in total. The Morgan fingerprint density at radius 2 is 1.93 bits per heavy atom. The fourth-order valence-electron chi connectivity index (χ4n) is 2.35. The number of alkyl halides is 3. The second kappa shape index (κ2) is 7.55. The number of amides is 1. The number of ether oxygens (including phenoxy) is 1. The molecule has 146 valence electrons. The highest BCUT2D eigenvalue weighted by atomic mass is 19.4. The maximum Gasteiger partial charge on any atom is 0.573 e. The van der Waals surface area contributed by atoms with Crippen LogP contribution < -0.4 is 15.6 Å². The quantitative estimate of drug-likeness (QED) is 0.719. The van der Waals surface area contributed by atoms with Crippen LogP contribution in [-0.4, -0.2) is 31.8 Å². The van der Waals surface area contributed by atoms with Gasteiger partial charge < -0.3 is 10.1 Å². The Morgan fingerprint density at radius 3 is 2.61 bits per heavy atom. The van der Waals surface area contributed by atoms with Crippen LogP contribution in [0.2, 0.25) is 0 Å². The van der Waals surface area contributed by atoms with E-state index in [-0.39, 0.29) is 5.69 Å². The third-order valence-corrected chi connectivity index (χ3v) is 3.67. The summed E-state index contributed by atoms with van der Waals surface area (Å²) in [5, 5.41) is 10.4. The van der Waals surface area contributed by atoms with Gasteiger partial charge in [-0.3, -0.25) is 9.59 Å². The van der Waals surface area contributed by atoms with Crippen LogP contribution in [0.3, 0.4) is 0 Å². The van der Waals surface area contributed by atoms with Crippen molar-refractivity contribution in [3.05, 3.63) is 65.2 Å². The van der Waals surface area contributed by atoms with Crippen LogP contribution in [0.4, 0.5) is 18.9 Å². The Balaban J connectivity index is 1.85. The summed E-state index contributed by atoms with van der Waals surface area (Å²) >= 11 is 0. The predicted octanol–water partition coefficient (Wildman–Crippen LogP) is 2.53. The first kappa shape index (κ1) is 19.1. The van der Waals surface area contributed by atoms with Crippen LogP contribution in [0.25, 0.3) is 5.82 Å². The van der Waals surface area contributed by atoms with Crippen LogP contribution in [0.5, 0.6) is 5.75 Å². The second-order valence-corrected chi connectivity index (χ2v) is 5.63. The lowest BCUT2D eigenvalue weighted by Gasteiger charge is -2.17. The molecule has 1 amide bonds. The molecule has 0 saturated carbocycles. The van der Waals surface area contributed by atoms with E-state index in [9.17, 15) is 22.8 Å². The van der Waals surface area contributed by atoms with Crippen LogP contribution in [0.1, 0.15) is 13.0 Å². The van der Waals surface area contributed by atoms with Crippen LogP contribution in [0.15, 0.2) is 59.7 Å². The highest BCUT2D eigenvalue weighted by Crippen LogP contribution is 2.30. The molecule has 1 aromatic carbocycles. The van der Waals surface area contributed by atoms with Gasteiger partial charge in [-0.1, -0.05) is 12.1 Å². The zero-order valence-corrected chi connectivity index (χ0v) is 14.4. The normalized spacial score (nSPS) is 12.4. The molecule has 3 aromatic rings. The maximum absolute atomic E-state index is 12.5. The van der Waals surface area contributed by atoms with Crippen molar-refractivity contribution >= 4 is 11.6 Å². The molecule has 0 saturated heterocycles. The van der Waals surface area contributed by atoms with Crippen molar-refractivity contribution in [1.82, 2.24) is 19.6 Å². The van der Waals surface area contributed by atoms with E-state index in [4.69, 9.17) is 0 Å². The first-order valence-corrected chi connectivity index (χ1v) is 8.00. The van der Waals surface area contributed by atoms with Gasteiger partial charge in [0.05, 0.1) is 5.69 Å². The molecule has 0 aliphatic carbocycles. The topological polar surface area (TPSA) is 91.0 Å². The number of nitrogens with zero attached hydrogens (tertiary/aromatic N) is 4. The summed E-state index contributed by atoms with van der Waals surface area (Å²) in [6, 6.07) is 8.29. The summed E-state index contributed by atoms with van der Waals surface area (Å²) in [4.78, 5) is 24.6. The predicted molar refractivity (Wildman–Crippen MR) is 92.1 cm³/mol. The third kappa shape index (κ3) is 4.37. The number of para-hydroxylation sites is 2. The molecule has 0 radical (unpaired) electrons. The fourth-order valence-corrected chi connectivity index (χ4v) is 2.35. The van der Waals surface area contributed by atoms with Crippen molar-refractivity contribution < 1.29 is 22.7 Å². The van der Waals surface area contributed by atoms with Crippen LogP contribution in [-0.2, 0) is 4.79 Å². The third-order valence-electron chi connectivity index (χ3n) is 3.67. The summed E-state index contributed by atoms with van der Waals surface area (Å²) in [6.45, 7) is 1.39. The zero-order valence-electron chi connectivity index (χ0n) is 14.4. The van der Waals surface area contributed by atoms with Gasteiger partial charge in [0.15, 0.2) is 11.6 Å². The van der Waals surface area contributed by atoms with E-state index in [1.807, 2.05) is 0 Å². The summed E-state index contributed by atoms with van der Waals surface area (Å²) in [7, 11) is 0. The average molecular weight is 393 g/mol. The van der Waals surface area contributed by atoms with Crippen molar-refractivity contribution in [1.29, 1.82) is 0 Å². The number of hydrogen-bond donors (Lipinski definition) is 1. The van der Waals surface area contributed by atoms with Gasteiger partial charge in [0.2, 0.25) is 5.91 Å². The van der Waals surface area contributed by atoms with E-state index in [0.717, 1.165) is 10.7 Å². The number of carbonyl (C=O) groups excluding carboxylic acids is 1. The second-order valence-electron chi connectivity index (χ2n) is 5.63. The first-order chi connectivity index (χ1) is 13.2. The highest BCUT2D eigenvalue weighted by Gasteiger charge is 2.32. The maximum atomic E-state index is 12.5. The molecular weight excluding hydrogens is 379 g/mol. The van der Waals surface area contributed by atoms with Gasteiger partial charge in [-0.15, -0.1) is 18.3 Å². The number of hydrogen-bond acceptors (Lipinski definition) is 5. The van der Waals surface area contributed by atoms with Gasteiger partial charge in [0, 0.05) is 18.5 Å². The van der Waals surface area contributed by atoms with E-state index in [1.54, 1.807) is 12.3 Å². The lowest BCUT2D eigenvalue weighted by atomic mass is 10.2. The molecule has 0 aliphatic heterocycles. The number of aromatic nitrogens is 4. The number of carbonyl (C=O) groups is 1. The number of rotatable bonds is 5. The van der Waals surface area contributed by atoms with Crippen molar-refractivity contribution in [2.24, 2.45) is 0 Å². The van der Waals surface area contributed by atoms with Crippen LogP contribution in [0, 0.1) is 0 Å². The number of halogens is 3. The Morgan fingerprint density at radius 1 is 1.18 bits per heavy atom. The minimum Gasteiger partial charge on any atom is -0.404 e. The fraction of sp³-hybridized carbons (Fsp3) is 0.176. The first-order valence-electron chi connectivity index (χ1n) is 8.00. The molecule has 2 heterocycles. The van der Waals surface area contributed by atoms with Gasteiger partial charge in [-0.05, 0) is 31.2 Å². The number of benzene rings is 1. The molecule has 11 heteroatoms. The standard InChI is InChI=1S/C17H14F3N5O3/c1-11(25-15(26)8-7-14(23-25)24-10-4-9-21-24)16(27)22-12-5-2-3-6-13(12)28-17(18,19)20/h2-11H,1H3,(H,22,27)/t11-/m1/s1.